The second-order valence-corrected chi connectivity index (χ2v) is 7.49. The lowest BCUT2D eigenvalue weighted by Gasteiger charge is -2.18. The highest BCUT2D eigenvalue weighted by Crippen LogP contribution is 2.46. The number of allylic oxidation sites excluding steroid dienone is 1. The maximum absolute atomic E-state index is 13.2. The van der Waals surface area contributed by atoms with Gasteiger partial charge in [0.2, 0.25) is 5.75 Å². The van der Waals surface area contributed by atoms with Gasteiger partial charge in [-0.15, -0.1) is 0 Å². The van der Waals surface area contributed by atoms with Gasteiger partial charge in [-0.25, -0.2) is 9.59 Å². The number of likely N-dealkylation sites (N-methyl/N-ethyl adjacent to an activating group) is 1. The van der Waals surface area contributed by atoms with E-state index in [1.807, 2.05) is 19.0 Å². The Morgan fingerprint density at radius 1 is 0.944 bits per heavy atom. The molecule has 0 amide bonds. The van der Waals surface area contributed by atoms with Crippen molar-refractivity contribution in [3.63, 3.8) is 0 Å². The molecule has 3 N–H and O–H groups in total. The zero-order valence-electron chi connectivity index (χ0n) is 20.2. The summed E-state index contributed by atoms with van der Waals surface area (Å²) < 4.78 is 22.7. The highest BCUT2D eigenvalue weighted by atomic mass is 16.5. The number of benzene rings is 2. The van der Waals surface area contributed by atoms with Gasteiger partial charge in [-0.1, -0.05) is 18.2 Å². The lowest BCUT2D eigenvalue weighted by atomic mass is 10.0. The van der Waals surface area contributed by atoms with Crippen LogP contribution in [0.25, 0.3) is 17.0 Å². The number of carboxylic acids is 2. The molecule has 0 unspecified atom stereocenters. The third-order valence-corrected chi connectivity index (χ3v) is 4.72. The van der Waals surface area contributed by atoms with Crippen LogP contribution < -0.4 is 14.2 Å². The van der Waals surface area contributed by atoms with E-state index in [1.54, 1.807) is 36.4 Å². The fourth-order valence-corrected chi connectivity index (χ4v) is 3.05. The molecule has 0 fully saturated rings. The molecule has 0 saturated carbocycles. The number of nitrogens with zero attached hydrogens (tertiary/aromatic N) is 1. The van der Waals surface area contributed by atoms with E-state index in [9.17, 15) is 9.90 Å². The van der Waals surface area contributed by atoms with E-state index < -0.39 is 11.9 Å². The Kier molecular flexibility index (Phi) is 9.87. The van der Waals surface area contributed by atoms with E-state index in [1.165, 1.54) is 26.6 Å². The van der Waals surface area contributed by atoms with Gasteiger partial charge < -0.3 is 38.8 Å². The number of hydrogen-bond donors (Lipinski definition) is 3. The van der Waals surface area contributed by atoms with Crippen LogP contribution in [0.4, 0.5) is 0 Å². The summed E-state index contributed by atoms with van der Waals surface area (Å²) in [5.74, 6) is -2.81. The van der Waals surface area contributed by atoms with Crippen LogP contribution in [0.5, 0.6) is 23.0 Å². The van der Waals surface area contributed by atoms with Gasteiger partial charge in [-0.2, -0.15) is 0 Å². The molecule has 0 atom stereocenters. The standard InChI is InChI=1S/C23H25NO6.C2H2O4/c1-24(2)12-14-30-22-19(18(26)10-7-15-5-8-16(25)9-6-15)20(27-3)17-11-13-29-21(17)23(22)28-4;3-1(4)2(5)6/h5-11,13,25H,12,14H2,1-4H3;(H,3,4)(H,5,6). The third kappa shape index (κ3) is 7.00. The number of phenolic OH excluding ortho intramolecular Hbond substituents is 1. The molecule has 2 aromatic carbocycles. The molecule has 192 valence electrons. The van der Waals surface area contributed by atoms with Crippen molar-refractivity contribution in [3.8, 4) is 23.0 Å². The first-order chi connectivity index (χ1) is 17.1. The van der Waals surface area contributed by atoms with Crippen LogP contribution in [-0.4, -0.2) is 79.4 Å². The summed E-state index contributed by atoms with van der Waals surface area (Å²) in [5, 5.41) is 24.8. The topological polar surface area (TPSA) is 156 Å². The summed E-state index contributed by atoms with van der Waals surface area (Å²) in [5.41, 5.74) is 1.48. The molecular formula is C25H27NO10. The van der Waals surface area contributed by atoms with E-state index in [0.29, 0.717) is 35.6 Å². The summed E-state index contributed by atoms with van der Waals surface area (Å²) >= 11 is 0. The quantitative estimate of drug-likeness (QED) is 0.225. The number of carbonyl (C=O) groups excluding carboxylic acids is 1. The molecule has 0 aliphatic rings. The number of carbonyl (C=O) groups is 3. The molecule has 1 heterocycles. The largest absolute Gasteiger partial charge is 0.508 e. The van der Waals surface area contributed by atoms with Crippen molar-refractivity contribution in [3.05, 3.63) is 53.8 Å². The predicted octanol–water partition coefficient (Wildman–Crippen LogP) is 3.15. The second kappa shape index (κ2) is 12.8. The van der Waals surface area contributed by atoms with Crippen LogP contribution in [0, 0.1) is 0 Å². The molecule has 0 aliphatic heterocycles. The second-order valence-electron chi connectivity index (χ2n) is 7.49. The zero-order chi connectivity index (χ0) is 26.8. The van der Waals surface area contributed by atoms with Crippen molar-refractivity contribution in [1.29, 1.82) is 0 Å². The Labute approximate surface area is 206 Å². The number of rotatable bonds is 9. The highest BCUT2D eigenvalue weighted by molar-refractivity contribution is 6.27. The van der Waals surface area contributed by atoms with Gasteiger partial charge in [0.05, 0.1) is 25.9 Å². The first kappa shape index (κ1) is 27.7. The maximum Gasteiger partial charge on any atom is 0.414 e. The Morgan fingerprint density at radius 3 is 2.08 bits per heavy atom. The monoisotopic (exact) mass is 501 g/mol. The number of fused-ring (bicyclic) bond motifs is 1. The molecule has 11 heteroatoms. The van der Waals surface area contributed by atoms with E-state index in [0.717, 1.165) is 5.56 Å². The number of ether oxygens (including phenoxy) is 3. The normalized spacial score (nSPS) is 10.7. The Balaban J connectivity index is 0.000000678. The fraction of sp³-hybridized carbons (Fsp3) is 0.240. The van der Waals surface area contributed by atoms with Crippen molar-refractivity contribution in [1.82, 2.24) is 4.90 Å². The van der Waals surface area contributed by atoms with Crippen LogP contribution in [0.3, 0.4) is 0 Å². The van der Waals surface area contributed by atoms with Crippen molar-refractivity contribution in [2.75, 3.05) is 41.5 Å². The molecular weight excluding hydrogens is 474 g/mol. The predicted molar refractivity (Wildman–Crippen MR) is 130 cm³/mol. The molecule has 36 heavy (non-hydrogen) atoms. The Hall–Kier alpha value is -4.51. The van der Waals surface area contributed by atoms with Crippen molar-refractivity contribution >= 4 is 34.8 Å². The van der Waals surface area contributed by atoms with Gasteiger partial charge in [-0.05, 0) is 43.9 Å². The van der Waals surface area contributed by atoms with Gasteiger partial charge in [0, 0.05) is 6.54 Å². The third-order valence-electron chi connectivity index (χ3n) is 4.72. The molecule has 0 bridgehead atoms. The van der Waals surface area contributed by atoms with Gasteiger partial charge in [0.15, 0.2) is 17.1 Å². The number of aliphatic carboxylic acids is 2. The minimum Gasteiger partial charge on any atom is -0.508 e. The lowest BCUT2D eigenvalue weighted by molar-refractivity contribution is -0.159. The first-order valence-electron chi connectivity index (χ1n) is 10.5. The minimum atomic E-state index is -1.82. The van der Waals surface area contributed by atoms with E-state index in [4.69, 9.17) is 38.4 Å². The summed E-state index contributed by atoms with van der Waals surface area (Å²) in [6.07, 6.45) is 4.62. The zero-order valence-corrected chi connectivity index (χ0v) is 20.2. The fourth-order valence-electron chi connectivity index (χ4n) is 3.05. The number of aromatic hydroxyl groups is 1. The molecule has 0 saturated heterocycles. The van der Waals surface area contributed by atoms with Crippen molar-refractivity contribution in [2.45, 2.75) is 0 Å². The van der Waals surface area contributed by atoms with Gasteiger partial charge in [-0.3, -0.25) is 4.79 Å². The molecule has 11 nitrogen and oxygen atoms in total. The minimum absolute atomic E-state index is 0.159. The smallest absolute Gasteiger partial charge is 0.414 e. The van der Waals surface area contributed by atoms with E-state index in [2.05, 4.69) is 0 Å². The number of carboxylic acid groups (broad SMARTS) is 2. The van der Waals surface area contributed by atoms with Gasteiger partial charge in [0.25, 0.3) is 0 Å². The molecule has 1 aromatic heterocycles. The number of phenols is 1. The summed E-state index contributed by atoms with van der Waals surface area (Å²) in [4.78, 5) is 33.4. The lowest BCUT2D eigenvalue weighted by Crippen LogP contribution is -2.20. The average molecular weight is 501 g/mol. The van der Waals surface area contributed by atoms with Crippen LogP contribution in [0.2, 0.25) is 0 Å². The molecule has 0 aliphatic carbocycles. The first-order valence-corrected chi connectivity index (χ1v) is 10.5. The SMILES string of the molecule is COc1c(C(=O)C=Cc2ccc(O)cc2)c(OCCN(C)C)c(OC)c2occc12.O=C(O)C(=O)O. The van der Waals surface area contributed by atoms with Crippen LogP contribution in [0.1, 0.15) is 15.9 Å². The number of ketones is 1. The average Bonchev–Trinajstić information content (AvgIpc) is 3.32. The summed E-state index contributed by atoms with van der Waals surface area (Å²) in [7, 11) is 6.87. The molecule has 0 spiro atoms. The number of methoxy groups -OCH3 is 2. The van der Waals surface area contributed by atoms with Crippen molar-refractivity contribution in [2.24, 2.45) is 0 Å². The number of furan rings is 1. The Bertz CT molecular complexity index is 1230. The molecule has 3 rings (SSSR count). The van der Waals surface area contributed by atoms with Crippen LogP contribution >= 0.6 is 0 Å². The summed E-state index contributed by atoms with van der Waals surface area (Å²) in [6, 6.07) is 8.26. The van der Waals surface area contributed by atoms with Crippen LogP contribution in [0.15, 0.2) is 47.1 Å². The maximum atomic E-state index is 13.2. The van der Waals surface area contributed by atoms with Crippen LogP contribution in [-0.2, 0) is 9.59 Å². The summed E-state index contributed by atoms with van der Waals surface area (Å²) in [6.45, 7) is 0.999. The van der Waals surface area contributed by atoms with E-state index >= 15 is 0 Å². The molecule has 3 aromatic rings. The Morgan fingerprint density at radius 2 is 1.56 bits per heavy atom. The van der Waals surface area contributed by atoms with E-state index in [-0.39, 0.29) is 22.8 Å². The van der Waals surface area contributed by atoms with Gasteiger partial charge in [0.1, 0.15) is 23.7 Å². The van der Waals surface area contributed by atoms with Gasteiger partial charge >= 0.3 is 11.9 Å². The van der Waals surface area contributed by atoms with Crippen molar-refractivity contribution < 1.29 is 48.3 Å². The molecule has 0 radical (unpaired) electrons. The number of hydrogen-bond acceptors (Lipinski definition) is 9. The highest BCUT2D eigenvalue weighted by Gasteiger charge is 2.28.